The number of anilines is 1. The first kappa shape index (κ1) is 16.4. The molecule has 28 heavy (non-hydrogen) atoms. The zero-order valence-corrected chi connectivity index (χ0v) is 14.6. The van der Waals surface area contributed by atoms with Crippen LogP contribution in [0, 0.1) is 0 Å². The van der Waals surface area contributed by atoms with Crippen molar-refractivity contribution in [3.05, 3.63) is 35.2 Å². The number of nitrogen functional groups attached to an aromatic ring is 1. The Kier molecular flexibility index (Phi) is 3.41. The Morgan fingerprint density at radius 1 is 1.11 bits per heavy atom. The molecular formula is C18H15N7O3. The third-order valence-corrected chi connectivity index (χ3v) is 5.13. The van der Waals surface area contributed by atoms with E-state index in [9.17, 15) is 14.4 Å². The average Bonchev–Trinajstić information content (AvgIpc) is 3.28. The standard InChI is InChI=1S/C18H15N7O3/c19-14-13-16(22-6-21-13)25-15(24-14)11-3-7-5-20-17(27)9(7)4-10(11)8-1-2-12(26)23-18(8)28/h3-4,6,8H,1-2,5H2,(H,20,27)(H,23,26,28)(H3,19,21,22,24,25). The molecule has 140 valence electrons. The van der Waals surface area contributed by atoms with Crippen LogP contribution in [-0.4, -0.2) is 37.7 Å². The van der Waals surface area contributed by atoms with Crippen LogP contribution in [0.25, 0.3) is 22.6 Å². The van der Waals surface area contributed by atoms with Crippen molar-refractivity contribution in [2.24, 2.45) is 0 Å². The smallest absolute Gasteiger partial charge is 0.251 e. The van der Waals surface area contributed by atoms with E-state index in [0.29, 0.717) is 46.6 Å². The van der Waals surface area contributed by atoms with E-state index in [1.807, 2.05) is 0 Å². The highest BCUT2D eigenvalue weighted by Crippen LogP contribution is 2.36. The second kappa shape index (κ2) is 5.84. The van der Waals surface area contributed by atoms with Gasteiger partial charge in [0.25, 0.3) is 5.91 Å². The zero-order valence-electron chi connectivity index (χ0n) is 14.6. The minimum absolute atomic E-state index is 0.196. The Hall–Kier alpha value is -3.82. The molecule has 2 aromatic heterocycles. The summed E-state index contributed by atoms with van der Waals surface area (Å²) in [6, 6.07) is 3.50. The van der Waals surface area contributed by atoms with Crippen molar-refractivity contribution in [1.29, 1.82) is 0 Å². The SMILES string of the molecule is Nc1nc(-c2cc3c(cc2C2CCC(=O)NC2=O)C(=O)NC3)nc2nc[nH]c12. The van der Waals surface area contributed by atoms with Gasteiger partial charge in [-0.15, -0.1) is 0 Å². The van der Waals surface area contributed by atoms with Crippen molar-refractivity contribution >= 4 is 34.7 Å². The number of nitrogens with zero attached hydrogens (tertiary/aromatic N) is 3. The summed E-state index contributed by atoms with van der Waals surface area (Å²) in [4.78, 5) is 52.1. The first-order valence-corrected chi connectivity index (χ1v) is 8.77. The van der Waals surface area contributed by atoms with Crippen LogP contribution in [0.5, 0.6) is 0 Å². The van der Waals surface area contributed by atoms with Crippen LogP contribution in [0.15, 0.2) is 18.5 Å². The van der Waals surface area contributed by atoms with E-state index in [1.54, 1.807) is 12.1 Å². The number of benzene rings is 1. The number of nitrogens with one attached hydrogen (secondary N) is 3. The molecule has 10 nitrogen and oxygen atoms in total. The Balaban J connectivity index is 1.72. The lowest BCUT2D eigenvalue weighted by molar-refractivity contribution is -0.134. The number of amides is 3. The van der Waals surface area contributed by atoms with Crippen LogP contribution in [0.3, 0.4) is 0 Å². The molecular weight excluding hydrogens is 362 g/mol. The fourth-order valence-electron chi connectivity index (χ4n) is 3.74. The molecule has 0 spiro atoms. The molecule has 1 aromatic carbocycles. The molecule has 2 aliphatic heterocycles. The van der Waals surface area contributed by atoms with E-state index in [2.05, 4.69) is 30.6 Å². The van der Waals surface area contributed by atoms with E-state index in [1.165, 1.54) is 6.33 Å². The number of piperidine rings is 1. The predicted molar refractivity (Wildman–Crippen MR) is 97.8 cm³/mol. The topological polar surface area (TPSA) is 156 Å². The molecule has 0 saturated carbocycles. The summed E-state index contributed by atoms with van der Waals surface area (Å²) >= 11 is 0. The second-order valence-electron chi connectivity index (χ2n) is 6.82. The van der Waals surface area contributed by atoms with Gasteiger partial charge >= 0.3 is 0 Å². The maximum absolute atomic E-state index is 12.5. The van der Waals surface area contributed by atoms with Crippen molar-refractivity contribution in [2.45, 2.75) is 25.3 Å². The largest absolute Gasteiger partial charge is 0.382 e. The predicted octanol–water partition coefficient (Wildman–Crippen LogP) is 0.366. The van der Waals surface area contributed by atoms with E-state index in [0.717, 1.165) is 5.56 Å². The van der Waals surface area contributed by atoms with Crippen LogP contribution in [0.2, 0.25) is 0 Å². The molecule has 1 atom stereocenters. The molecule has 0 radical (unpaired) electrons. The fraction of sp³-hybridized carbons (Fsp3) is 0.222. The van der Waals surface area contributed by atoms with Crippen LogP contribution < -0.4 is 16.4 Å². The summed E-state index contributed by atoms with van der Waals surface area (Å²) in [6.07, 6.45) is 2.05. The lowest BCUT2D eigenvalue weighted by Gasteiger charge is -2.23. The number of hydrogen-bond acceptors (Lipinski definition) is 7. The normalized spacial score (nSPS) is 18.9. The van der Waals surface area contributed by atoms with Crippen molar-refractivity contribution in [3.63, 3.8) is 0 Å². The third-order valence-electron chi connectivity index (χ3n) is 5.13. The molecule has 0 aliphatic carbocycles. The zero-order chi connectivity index (χ0) is 19.4. The number of carbonyl (C=O) groups excluding carboxylic acids is 3. The van der Waals surface area contributed by atoms with Gasteiger partial charge in [-0.1, -0.05) is 0 Å². The van der Waals surface area contributed by atoms with Crippen LogP contribution in [0.4, 0.5) is 5.82 Å². The van der Waals surface area contributed by atoms with Gasteiger partial charge in [0.1, 0.15) is 5.52 Å². The molecule has 3 aromatic rings. The monoisotopic (exact) mass is 377 g/mol. The highest BCUT2D eigenvalue weighted by atomic mass is 16.2. The number of aromatic nitrogens is 4. The maximum atomic E-state index is 12.5. The molecule has 4 heterocycles. The van der Waals surface area contributed by atoms with Crippen LogP contribution in [0.1, 0.15) is 40.2 Å². The highest BCUT2D eigenvalue weighted by Gasteiger charge is 2.33. The fourth-order valence-corrected chi connectivity index (χ4v) is 3.74. The molecule has 5 N–H and O–H groups in total. The van der Waals surface area contributed by atoms with Gasteiger partial charge in [0.15, 0.2) is 17.3 Å². The molecule has 10 heteroatoms. The van der Waals surface area contributed by atoms with Gasteiger partial charge in [0.2, 0.25) is 11.8 Å². The number of nitrogens with two attached hydrogens (primary N) is 1. The van der Waals surface area contributed by atoms with E-state index >= 15 is 0 Å². The van der Waals surface area contributed by atoms with Gasteiger partial charge < -0.3 is 16.0 Å². The summed E-state index contributed by atoms with van der Waals surface area (Å²) in [5, 5.41) is 5.13. The summed E-state index contributed by atoms with van der Waals surface area (Å²) < 4.78 is 0. The first-order valence-electron chi connectivity index (χ1n) is 8.77. The number of carbonyl (C=O) groups is 3. The molecule has 1 unspecified atom stereocenters. The Morgan fingerprint density at radius 2 is 1.96 bits per heavy atom. The van der Waals surface area contributed by atoms with E-state index in [-0.39, 0.29) is 24.1 Å². The van der Waals surface area contributed by atoms with Gasteiger partial charge in [0, 0.05) is 24.1 Å². The van der Waals surface area contributed by atoms with E-state index in [4.69, 9.17) is 5.73 Å². The lowest BCUT2D eigenvalue weighted by Crippen LogP contribution is -2.39. The summed E-state index contributed by atoms with van der Waals surface area (Å²) in [5.74, 6) is -0.936. The molecule has 3 amide bonds. The van der Waals surface area contributed by atoms with Gasteiger partial charge in [-0.2, -0.15) is 0 Å². The van der Waals surface area contributed by atoms with Crippen LogP contribution in [-0.2, 0) is 16.1 Å². The number of imidazole rings is 1. The van der Waals surface area contributed by atoms with E-state index < -0.39 is 11.8 Å². The van der Waals surface area contributed by atoms with Crippen molar-refractivity contribution in [1.82, 2.24) is 30.6 Å². The third kappa shape index (κ3) is 2.42. The first-order chi connectivity index (χ1) is 13.5. The molecule has 1 fully saturated rings. The Morgan fingerprint density at radius 3 is 2.79 bits per heavy atom. The molecule has 2 aliphatic rings. The molecule has 0 bridgehead atoms. The van der Waals surface area contributed by atoms with Gasteiger partial charge in [-0.3, -0.25) is 19.7 Å². The number of hydrogen-bond donors (Lipinski definition) is 4. The van der Waals surface area contributed by atoms with Crippen LogP contribution >= 0.6 is 0 Å². The van der Waals surface area contributed by atoms with Gasteiger partial charge in [-0.25, -0.2) is 15.0 Å². The number of rotatable bonds is 2. The lowest BCUT2D eigenvalue weighted by atomic mass is 9.85. The number of fused-ring (bicyclic) bond motifs is 2. The average molecular weight is 377 g/mol. The minimum Gasteiger partial charge on any atom is -0.382 e. The molecule has 5 rings (SSSR count). The number of H-pyrrole nitrogens is 1. The Bertz CT molecular complexity index is 1180. The highest BCUT2D eigenvalue weighted by molar-refractivity contribution is 6.03. The number of imide groups is 1. The van der Waals surface area contributed by atoms with Crippen molar-refractivity contribution in [2.75, 3.05) is 5.73 Å². The van der Waals surface area contributed by atoms with Crippen molar-refractivity contribution < 1.29 is 14.4 Å². The van der Waals surface area contributed by atoms with Crippen molar-refractivity contribution in [3.8, 4) is 11.4 Å². The van der Waals surface area contributed by atoms with Gasteiger partial charge in [0.05, 0.1) is 12.2 Å². The second-order valence-corrected chi connectivity index (χ2v) is 6.82. The quantitative estimate of drug-likeness (QED) is 0.470. The summed E-state index contributed by atoms with van der Waals surface area (Å²) in [6.45, 7) is 0.386. The maximum Gasteiger partial charge on any atom is 0.251 e. The van der Waals surface area contributed by atoms with Gasteiger partial charge in [-0.05, 0) is 29.7 Å². The minimum atomic E-state index is -0.592. The molecule has 1 saturated heterocycles. The summed E-state index contributed by atoms with van der Waals surface area (Å²) in [7, 11) is 0. The number of aromatic amines is 1. The Labute approximate surface area is 158 Å². The summed E-state index contributed by atoms with van der Waals surface area (Å²) in [5.41, 5.74) is 9.47.